The first-order valence-electron chi connectivity index (χ1n) is 10.1. The second-order valence-corrected chi connectivity index (χ2v) is 7.11. The van der Waals surface area contributed by atoms with E-state index in [2.05, 4.69) is 6.92 Å². The Morgan fingerprint density at radius 3 is 2.00 bits per heavy atom. The highest BCUT2D eigenvalue weighted by Crippen LogP contribution is 2.25. The Morgan fingerprint density at radius 2 is 1.46 bits per heavy atom. The lowest BCUT2D eigenvalue weighted by Crippen LogP contribution is -2.12. The largest absolute Gasteiger partial charge is 0.494 e. The van der Waals surface area contributed by atoms with E-state index < -0.39 is 11.9 Å². The summed E-state index contributed by atoms with van der Waals surface area (Å²) in [6, 6.07) is 7.21. The summed E-state index contributed by atoms with van der Waals surface area (Å²) in [7, 11) is 0. The fourth-order valence-corrected chi connectivity index (χ4v) is 3.30. The quantitative estimate of drug-likeness (QED) is 0.276. The molecule has 144 valence electrons. The van der Waals surface area contributed by atoms with Gasteiger partial charge in [-0.25, -0.2) is 0 Å². The van der Waals surface area contributed by atoms with Crippen molar-refractivity contribution in [1.82, 2.24) is 0 Å². The lowest BCUT2D eigenvalue weighted by atomic mass is 9.97. The van der Waals surface area contributed by atoms with Gasteiger partial charge in [0, 0.05) is 0 Å². The summed E-state index contributed by atoms with van der Waals surface area (Å²) in [6.45, 7) is 2.85. The average molecular weight is 360 g/mol. The molecule has 1 atom stereocenters. The molecule has 0 amide bonds. The lowest BCUT2D eigenvalue weighted by molar-refractivity contribution is -0.139. The number of carbonyl (C=O) groups is 2. The monoisotopic (exact) mass is 360 g/mol. The first-order chi connectivity index (χ1) is 12.7. The van der Waals surface area contributed by atoms with Crippen LogP contribution in [0.15, 0.2) is 24.3 Å². The van der Waals surface area contributed by atoms with Crippen molar-refractivity contribution < 1.29 is 19.1 Å². The number of ether oxygens (including phenoxy) is 2. The van der Waals surface area contributed by atoms with Gasteiger partial charge >= 0.3 is 5.97 Å². The Bertz CT molecular complexity index is 534. The second-order valence-electron chi connectivity index (χ2n) is 7.11. The van der Waals surface area contributed by atoms with E-state index in [9.17, 15) is 9.59 Å². The molecule has 1 unspecified atom stereocenters. The van der Waals surface area contributed by atoms with E-state index in [0.717, 1.165) is 12.2 Å². The number of cyclic esters (lactones) is 1. The molecule has 0 saturated carbocycles. The number of esters is 1. The third-order valence-corrected chi connectivity index (χ3v) is 4.89. The zero-order valence-corrected chi connectivity index (χ0v) is 16.0. The molecule has 1 aromatic rings. The minimum atomic E-state index is -0.758. The van der Waals surface area contributed by atoms with Crippen LogP contribution in [-0.4, -0.2) is 25.0 Å². The smallest absolute Gasteiger partial charge is 0.321 e. The number of hydrogen-bond acceptors (Lipinski definition) is 4. The Balaban J connectivity index is 1.54. The van der Waals surface area contributed by atoms with Gasteiger partial charge in [0.1, 0.15) is 11.7 Å². The highest BCUT2D eigenvalue weighted by atomic mass is 16.5. The van der Waals surface area contributed by atoms with E-state index in [1.54, 1.807) is 12.1 Å². The van der Waals surface area contributed by atoms with Crippen molar-refractivity contribution in [2.45, 2.75) is 77.0 Å². The standard InChI is InChI=1S/C22H32O4/c1-2-3-4-5-6-7-8-9-10-11-16-25-19-14-12-18(13-15-19)21-20(23)17-26-22(21)24/h12-15,21H,2-11,16-17H2,1H3. The van der Waals surface area contributed by atoms with Gasteiger partial charge in [0.15, 0.2) is 12.4 Å². The Hall–Kier alpha value is -1.84. The van der Waals surface area contributed by atoms with Crippen LogP contribution in [0.4, 0.5) is 0 Å². The molecule has 1 saturated heterocycles. The molecule has 4 nitrogen and oxygen atoms in total. The number of rotatable bonds is 13. The molecular formula is C22H32O4. The van der Waals surface area contributed by atoms with Crippen LogP contribution in [0.1, 0.15) is 82.6 Å². The maximum Gasteiger partial charge on any atom is 0.321 e. The molecule has 0 bridgehead atoms. The summed E-state index contributed by atoms with van der Waals surface area (Å²) >= 11 is 0. The van der Waals surface area contributed by atoms with Crippen LogP contribution in [0.2, 0.25) is 0 Å². The Kier molecular flexibility index (Phi) is 9.22. The fourth-order valence-electron chi connectivity index (χ4n) is 3.30. The van der Waals surface area contributed by atoms with Gasteiger partial charge in [-0.05, 0) is 24.1 Å². The number of carbonyl (C=O) groups excluding carboxylic acids is 2. The first kappa shape index (κ1) is 20.5. The molecule has 1 aromatic carbocycles. The topological polar surface area (TPSA) is 52.6 Å². The summed E-state index contributed by atoms with van der Waals surface area (Å²) < 4.78 is 10.5. The van der Waals surface area contributed by atoms with E-state index in [1.165, 1.54) is 57.8 Å². The normalized spacial score (nSPS) is 16.7. The zero-order chi connectivity index (χ0) is 18.6. The molecular weight excluding hydrogens is 328 g/mol. The van der Waals surface area contributed by atoms with Crippen LogP contribution < -0.4 is 4.74 Å². The van der Waals surface area contributed by atoms with Crippen LogP contribution in [0.3, 0.4) is 0 Å². The molecule has 0 N–H and O–H groups in total. The lowest BCUT2D eigenvalue weighted by Gasteiger charge is -2.09. The van der Waals surface area contributed by atoms with Gasteiger partial charge in [0.2, 0.25) is 0 Å². The summed E-state index contributed by atoms with van der Waals surface area (Å²) in [6.07, 6.45) is 13.1. The predicted octanol–water partition coefficient (Wildman–Crippen LogP) is 5.20. The fraction of sp³-hybridized carbons (Fsp3) is 0.636. The molecule has 1 fully saturated rings. The number of benzene rings is 1. The maximum absolute atomic E-state index is 11.7. The Morgan fingerprint density at radius 1 is 0.885 bits per heavy atom. The maximum atomic E-state index is 11.7. The predicted molar refractivity (Wildman–Crippen MR) is 102 cm³/mol. The third kappa shape index (κ3) is 6.81. The van der Waals surface area contributed by atoms with Crippen molar-refractivity contribution in [2.75, 3.05) is 13.2 Å². The van der Waals surface area contributed by atoms with Crippen LogP contribution in [0.25, 0.3) is 0 Å². The molecule has 1 aliphatic rings. The van der Waals surface area contributed by atoms with Crippen molar-refractivity contribution in [2.24, 2.45) is 0 Å². The van der Waals surface area contributed by atoms with Gasteiger partial charge in [0.25, 0.3) is 0 Å². The molecule has 1 heterocycles. The molecule has 2 rings (SSSR count). The molecule has 0 aliphatic carbocycles. The molecule has 1 aliphatic heterocycles. The zero-order valence-electron chi connectivity index (χ0n) is 16.0. The molecule has 0 aromatic heterocycles. The van der Waals surface area contributed by atoms with Crippen molar-refractivity contribution in [1.29, 1.82) is 0 Å². The number of Topliss-reactive ketones (excluding diaryl/α,β-unsaturated/α-hetero) is 1. The molecule has 0 spiro atoms. The van der Waals surface area contributed by atoms with Crippen molar-refractivity contribution in [3.63, 3.8) is 0 Å². The van der Waals surface area contributed by atoms with Gasteiger partial charge in [-0.15, -0.1) is 0 Å². The Labute approximate surface area is 157 Å². The van der Waals surface area contributed by atoms with Crippen LogP contribution in [-0.2, 0) is 14.3 Å². The first-order valence-corrected chi connectivity index (χ1v) is 10.1. The van der Waals surface area contributed by atoms with E-state index >= 15 is 0 Å². The van der Waals surface area contributed by atoms with Crippen molar-refractivity contribution in [3.8, 4) is 5.75 Å². The number of unbranched alkanes of at least 4 members (excludes halogenated alkanes) is 9. The summed E-state index contributed by atoms with van der Waals surface area (Å²) in [5.41, 5.74) is 0.684. The molecule has 4 heteroatoms. The molecule has 26 heavy (non-hydrogen) atoms. The van der Waals surface area contributed by atoms with E-state index in [-0.39, 0.29) is 12.4 Å². The highest BCUT2D eigenvalue weighted by molar-refractivity contribution is 6.09. The van der Waals surface area contributed by atoms with Gasteiger partial charge < -0.3 is 9.47 Å². The van der Waals surface area contributed by atoms with Gasteiger partial charge in [-0.1, -0.05) is 76.8 Å². The minimum Gasteiger partial charge on any atom is -0.494 e. The van der Waals surface area contributed by atoms with Gasteiger partial charge in [0.05, 0.1) is 6.61 Å². The van der Waals surface area contributed by atoms with Crippen molar-refractivity contribution in [3.05, 3.63) is 29.8 Å². The summed E-state index contributed by atoms with van der Waals surface area (Å²) in [4.78, 5) is 23.3. The average Bonchev–Trinajstić information content (AvgIpc) is 2.99. The van der Waals surface area contributed by atoms with Crippen LogP contribution in [0.5, 0.6) is 5.75 Å². The SMILES string of the molecule is CCCCCCCCCCCCOc1ccc(C2C(=O)COC2=O)cc1. The van der Waals surface area contributed by atoms with Crippen molar-refractivity contribution >= 4 is 11.8 Å². The summed E-state index contributed by atoms with van der Waals surface area (Å²) in [5.74, 6) is -0.599. The number of ketones is 1. The number of hydrogen-bond donors (Lipinski definition) is 0. The van der Waals surface area contributed by atoms with Gasteiger partial charge in [-0.2, -0.15) is 0 Å². The summed E-state index contributed by atoms with van der Waals surface area (Å²) in [5, 5.41) is 0. The second kappa shape index (κ2) is 11.7. The van der Waals surface area contributed by atoms with Crippen LogP contribution in [0, 0.1) is 0 Å². The third-order valence-electron chi connectivity index (χ3n) is 4.89. The highest BCUT2D eigenvalue weighted by Gasteiger charge is 2.36. The van der Waals surface area contributed by atoms with E-state index in [1.807, 2.05) is 12.1 Å². The van der Waals surface area contributed by atoms with E-state index in [0.29, 0.717) is 12.2 Å². The van der Waals surface area contributed by atoms with Crippen LogP contribution >= 0.6 is 0 Å². The van der Waals surface area contributed by atoms with Gasteiger partial charge in [-0.3, -0.25) is 9.59 Å². The minimum absolute atomic E-state index is 0.111. The molecule has 0 radical (unpaired) electrons. The van der Waals surface area contributed by atoms with E-state index in [4.69, 9.17) is 9.47 Å².